The summed E-state index contributed by atoms with van der Waals surface area (Å²) in [6.45, 7) is 4.16. The molecule has 9 heteroatoms. The van der Waals surface area contributed by atoms with Crippen molar-refractivity contribution in [2.45, 2.75) is 30.0 Å². The van der Waals surface area contributed by atoms with Gasteiger partial charge in [-0.15, -0.1) is 0 Å². The van der Waals surface area contributed by atoms with Gasteiger partial charge in [0.2, 0.25) is 5.91 Å². The van der Waals surface area contributed by atoms with E-state index in [4.69, 9.17) is 23.2 Å². The smallest absolute Gasteiger partial charge is 0.251 e. The standard InChI is InChI=1S/C16H17Cl2N3O2S2/c1-9(2)24-7-10-6-13(22)21-16(19-10)25-8-14(23)20-15-11(17)4-3-5-12(15)18/h3-6,9H,7-8H2,1-2H3,(H,20,23)(H,19,21,22). The third-order valence-electron chi connectivity index (χ3n) is 2.90. The fourth-order valence-corrected chi connectivity index (χ4v) is 3.64. The molecule has 25 heavy (non-hydrogen) atoms. The molecule has 0 atom stereocenters. The van der Waals surface area contributed by atoms with E-state index >= 15 is 0 Å². The Hall–Kier alpha value is -1.15. The van der Waals surface area contributed by atoms with Crippen molar-refractivity contribution in [1.82, 2.24) is 9.97 Å². The van der Waals surface area contributed by atoms with E-state index in [0.717, 1.165) is 11.8 Å². The number of nitrogens with one attached hydrogen (secondary N) is 2. The fraction of sp³-hybridized carbons (Fsp3) is 0.312. The van der Waals surface area contributed by atoms with Crippen LogP contribution in [-0.4, -0.2) is 26.9 Å². The molecule has 0 saturated heterocycles. The summed E-state index contributed by atoms with van der Waals surface area (Å²) in [6.07, 6.45) is 0. The van der Waals surface area contributed by atoms with Gasteiger partial charge >= 0.3 is 0 Å². The first-order chi connectivity index (χ1) is 11.8. The number of para-hydroxylation sites is 1. The van der Waals surface area contributed by atoms with Gasteiger partial charge in [0.15, 0.2) is 5.16 Å². The summed E-state index contributed by atoms with van der Waals surface area (Å²) in [5.41, 5.74) is 0.839. The van der Waals surface area contributed by atoms with Crippen molar-refractivity contribution in [2.75, 3.05) is 11.1 Å². The van der Waals surface area contributed by atoms with Crippen molar-refractivity contribution in [2.24, 2.45) is 0 Å². The third kappa shape index (κ3) is 6.58. The summed E-state index contributed by atoms with van der Waals surface area (Å²) in [7, 11) is 0. The second-order valence-electron chi connectivity index (χ2n) is 5.34. The lowest BCUT2D eigenvalue weighted by Crippen LogP contribution is -2.16. The lowest BCUT2D eigenvalue weighted by Gasteiger charge is -2.09. The summed E-state index contributed by atoms with van der Waals surface area (Å²) in [4.78, 5) is 30.8. The van der Waals surface area contributed by atoms with Gasteiger partial charge in [-0.2, -0.15) is 11.8 Å². The number of amides is 1. The highest BCUT2D eigenvalue weighted by atomic mass is 35.5. The molecule has 0 saturated carbocycles. The summed E-state index contributed by atoms with van der Waals surface area (Å²) < 4.78 is 0. The van der Waals surface area contributed by atoms with E-state index in [2.05, 4.69) is 29.1 Å². The van der Waals surface area contributed by atoms with Gasteiger partial charge in [-0.3, -0.25) is 9.59 Å². The SMILES string of the molecule is CC(C)SCc1cc(=O)[nH]c(SCC(=O)Nc2c(Cl)cccc2Cl)n1. The van der Waals surface area contributed by atoms with Crippen molar-refractivity contribution in [1.29, 1.82) is 0 Å². The normalized spacial score (nSPS) is 10.9. The predicted molar refractivity (Wildman–Crippen MR) is 107 cm³/mol. The summed E-state index contributed by atoms with van der Waals surface area (Å²) in [5, 5.41) is 4.26. The van der Waals surface area contributed by atoms with Crippen LogP contribution in [-0.2, 0) is 10.5 Å². The Morgan fingerprint density at radius 3 is 2.64 bits per heavy atom. The number of aromatic amines is 1. The highest BCUT2D eigenvalue weighted by Crippen LogP contribution is 2.30. The van der Waals surface area contributed by atoms with Gasteiger partial charge in [-0.25, -0.2) is 4.98 Å². The molecule has 2 N–H and O–H groups in total. The maximum absolute atomic E-state index is 12.1. The van der Waals surface area contributed by atoms with Crippen LogP contribution in [0.25, 0.3) is 0 Å². The Morgan fingerprint density at radius 1 is 1.32 bits per heavy atom. The van der Waals surface area contributed by atoms with Crippen LogP contribution < -0.4 is 10.9 Å². The van der Waals surface area contributed by atoms with Gasteiger partial charge in [0.05, 0.1) is 27.2 Å². The molecule has 1 aromatic carbocycles. The molecule has 134 valence electrons. The number of H-pyrrole nitrogens is 1. The van der Waals surface area contributed by atoms with E-state index in [0.29, 0.717) is 37.6 Å². The van der Waals surface area contributed by atoms with Gasteiger partial charge in [-0.05, 0) is 17.4 Å². The first-order valence-corrected chi connectivity index (χ1v) is 10.2. The van der Waals surface area contributed by atoms with Crippen LogP contribution in [0.2, 0.25) is 10.0 Å². The average Bonchev–Trinajstić information content (AvgIpc) is 2.54. The van der Waals surface area contributed by atoms with Crippen molar-refractivity contribution >= 4 is 58.3 Å². The van der Waals surface area contributed by atoms with Crippen LogP contribution in [0, 0.1) is 0 Å². The molecular weight excluding hydrogens is 401 g/mol. The molecule has 1 heterocycles. The van der Waals surface area contributed by atoms with Crippen molar-refractivity contribution in [3.8, 4) is 0 Å². The lowest BCUT2D eigenvalue weighted by atomic mass is 10.3. The van der Waals surface area contributed by atoms with Gasteiger partial charge in [0.1, 0.15) is 0 Å². The molecule has 5 nitrogen and oxygen atoms in total. The number of hydrogen-bond donors (Lipinski definition) is 2. The number of halogens is 2. The zero-order chi connectivity index (χ0) is 18.4. The van der Waals surface area contributed by atoms with Crippen molar-refractivity contribution < 1.29 is 4.79 Å². The number of rotatable bonds is 7. The minimum absolute atomic E-state index is 0.0747. The van der Waals surface area contributed by atoms with Gasteiger partial charge < -0.3 is 10.3 Å². The molecule has 2 rings (SSSR count). The molecule has 0 bridgehead atoms. The van der Waals surface area contributed by atoms with Crippen LogP contribution in [0.5, 0.6) is 0 Å². The van der Waals surface area contributed by atoms with Crippen LogP contribution in [0.4, 0.5) is 5.69 Å². The van der Waals surface area contributed by atoms with E-state index in [-0.39, 0.29) is 17.2 Å². The highest BCUT2D eigenvalue weighted by Gasteiger charge is 2.11. The van der Waals surface area contributed by atoms with E-state index in [1.807, 2.05) is 0 Å². The molecule has 0 aliphatic rings. The van der Waals surface area contributed by atoms with Crippen molar-refractivity contribution in [3.05, 3.63) is 50.4 Å². The molecule has 2 aromatic rings. The maximum Gasteiger partial charge on any atom is 0.251 e. The molecule has 0 aliphatic heterocycles. The predicted octanol–water partition coefficient (Wildman–Crippen LogP) is 4.45. The topological polar surface area (TPSA) is 74.8 Å². The Labute approximate surface area is 164 Å². The Morgan fingerprint density at radius 2 is 2.00 bits per heavy atom. The van der Waals surface area contributed by atoms with Gasteiger partial charge in [0.25, 0.3) is 5.56 Å². The number of nitrogens with zero attached hydrogens (tertiary/aromatic N) is 1. The Bertz CT molecular complexity index is 792. The molecule has 0 unspecified atom stereocenters. The quantitative estimate of drug-likeness (QED) is 0.513. The maximum atomic E-state index is 12.1. The Kier molecular flexibility index (Phi) is 7.68. The summed E-state index contributed by atoms with van der Waals surface area (Å²) in [5.74, 6) is 0.437. The molecule has 0 spiro atoms. The van der Waals surface area contributed by atoms with E-state index in [1.54, 1.807) is 30.0 Å². The average molecular weight is 418 g/mol. The number of thioether (sulfide) groups is 2. The van der Waals surface area contributed by atoms with E-state index in [9.17, 15) is 9.59 Å². The molecule has 0 radical (unpaired) electrons. The van der Waals surface area contributed by atoms with Crippen LogP contribution in [0.3, 0.4) is 0 Å². The molecule has 1 amide bonds. The molecule has 0 fully saturated rings. The summed E-state index contributed by atoms with van der Waals surface area (Å²) in [6, 6.07) is 6.46. The zero-order valence-electron chi connectivity index (χ0n) is 13.6. The lowest BCUT2D eigenvalue weighted by molar-refractivity contribution is -0.113. The highest BCUT2D eigenvalue weighted by molar-refractivity contribution is 7.99. The van der Waals surface area contributed by atoms with E-state index < -0.39 is 0 Å². The number of anilines is 1. The largest absolute Gasteiger partial charge is 0.323 e. The van der Waals surface area contributed by atoms with E-state index in [1.165, 1.54) is 6.07 Å². The molecule has 0 aliphatic carbocycles. The minimum Gasteiger partial charge on any atom is -0.323 e. The Balaban J connectivity index is 1.98. The second kappa shape index (κ2) is 9.52. The number of aromatic nitrogens is 2. The first-order valence-electron chi connectivity index (χ1n) is 7.43. The number of benzene rings is 1. The number of carbonyl (C=O) groups is 1. The van der Waals surface area contributed by atoms with Crippen LogP contribution in [0.15, 0.2) is 34.2 Å². The fourth-order valence-electron chi connectivity index (χ4n) is 1.80. The van der Waals surface area contributed by atoms with Gasteiger partial charge in [-0.1, -0.05) is 54.9 Å². The van der Waals surface area contributed by atoms with Crippen molar-refractivity contribution in [3.63, 3.8) is 0 Å². The number of hydrogen-bond acceptors (Lipinski definition) is 5. The van der Waals surface area contributed by atoms with Crippen LogP contribution in [0.1, 0.15) is 19.5 Å². The zero-order valence-corrected chi connectivity index (χ0v) is 16.8. The number of carbonyl (C=O) groups excluding carboxylic acids is 1. The second-order valence-corrected chi connectivity index (χ2v) is 8.68. The first kappa shape index (κ1) is 20.2. The molecular formula is C16H17Cl2N3O2S2. The monoisotopic (exact) mass is 417 g/mol. The molecule has 1 aromatic heterocycles. The summed E-state index contributed by atoms with van der Waals surface area (Å²) >= 11 is 14.9. The third-order valence-corrected chi connectivity index (χ3v) is 5.54. The van der Waals surface area contributed by atoms with Gasteiger partial charge in [0, 0.05) is 11.8 Å². The minimum atomic E-state index is -0.287. The van der Waals surface area contributed by atoms with Crippen LogP contribution >= 0.6 is 46.7 Å².